The Morgan fingerprint density at radius 2 is 2.55 bits per heavy atom. The molecule has 5 nitrogen and oxygen atoms in total. The summed E-state index contributed by atoms with van der Waals surface area (Å²) in [4.78, 5) is 24.4. The zero-order valence-electron chi connectivity index (χ0n) is 5.74. The van der Waals surface area contributed by atoms with Crippen molar-refractivity contribution in [3.05, 3.63) is 0 Å². The third-order valence-electron chi connectivity index (χ3n) is 1.39. The van der Waals surface area contributed by atoms with Gasteiger partial charge < -0.3 is 15.2 Å². The van der Waals surface area contributed by atoms with Crippen molar-refractivity contribution in [1.82, 2.24) is 5.32 Å². The summed E-state index contributed by atoms with van der Waals surface area (Å²) in [6, 6.07) is -0.534. The van der Waals surface area contributed by atoms with Gasteiger partial charge in [0.05, 0.1) is 6.34 Å². The molecule has 11 heavy (non-hydrogen) atoms. The Hall–Kier alpha value is -1.39. The van der Waals surface area contributed by atoms with Crippen LogP contribution < -0.4 is 10.4 Å². The first-order chi connectivity index (χ1) is 5.20. The number of nitrogens with zero attached hydrogens (tertiary/aromatic N) is 1. The third kappa shape index (κ3) is 2.03. The van der Waals surface area contributed by atoms with Gasteiger partial charge in [-0.3, -0.25) is 9.79 Å². The first-order valence-electron chi connectivity index (χ1n) is 3.22. The zero-order valence-corrected chi connectivity index (χ0v) is 5.74. The van der Waals surface area contributed by atoms with E-state index in [1.807, 2.05) is 0 Å². The van der Waals surface area contributed by atoms with Crippen molar-refractivity contribution < 1.29 is 14.7 Å². The fourth-order valence-electron chi connectivity index (χ4n) is 0.815. The van der Waals surface area contributed by atoms with Gasteiger partial charge in [0.25, 0.3) is 0 Å². The van der Waals surface area contributed by atoms with Crippen molar-refractivity contribution in [3.63, 3.8) is 0 Å². The number of carbonyl (C=O) groups excluding carboxylic acids is 2. The summed E-state index contributed by atoms with van der Waals surface area (Å²) < 4.78 is 0. The second-order valence-electron chi connectivity index (χ2n) is 2.21. The Labute approximate surface area is 63.1 Å². The van der Waals surface area contributed by atoms with E-state index in [1.54, 1.807) is 0 Å². The van der Waals surface area contributed by atoms with Crippen molar-refractivity contribution >= 4 is 18.2 Å². The summed E-state index contributed by atoms with van der Waals surface area (Å²) in [5, 5.41) is 12.3. The van der Waals surface area contributed by atoms with Gasteiger partial charge in [-0.2, -0.15) is 0 Å². The number of hydrogen-bond acceptors (Lipinski definition) is 4. The van der Waals surface area contributed by atoms with Crippen LogP contribution in [0.2, 0.25) is 0 Å². The highest BCUT2D eigenvalue weighted by molar-refractivity contribution is 5.96. The van der Waals surface area contributed by atoms with Crippen LogP contribution in [0.3, 0.4) is 0 Å². The SMILES string of the molecule is O=C([O-])CC[C@@H]1N=CNC1=O. The molecule has 0 spiro atoms. The van der Waals surface area contributed by atoms with E-state index >= 15 is 0 Å². The third-order valence-corrected chi connectivity index (χ3v) is 1.39. The molecule has 0 aromatic carbocycles. The molecule has 0 unspecified atom stereocenters. The molecule has 0 bridgehead atoms. The maximum absolute atomic E-state index is 10.7. The van der Waals surface area contributed by atoms with Crippen molar-refractivity contribution in [2.75, 3.05) is 0 Å². The number of rotatable bonds is 3. The molecule has 1 heterocycles. The van der Waals surface area contributed by atoms with Gasteiger partial charge in [-0.25, -0.2) is 0 Å². The molecule has 5 heteroatoms. The number of carboxylic acids is 1. The van der Waals surface area contributed by atoms with Crippen LogP contribution in [0.15, 0.2) is 4.99 Å². The van der Waals surface area contributed by atoms with Gasteiger partial charge in [0.15, 0.2) is 0 Å². The average molecular weight is 155 g/mol. The molecule has 0 saturated carbocycles. The minimum Gasteiger partial charge on any atom is -0.550 e. The quantitative estimate of drug-likeness (QED) is 0.514. The van der Waals surface area contributed by atoms with Crippen molar-refractivity contribution in [2.24, 2.45) is 4.99 Å². The lowest BCUT2D eigenvalue weighted by Crippen LogP contribution is -2.28. The molecule has 0 aliphatic carbocycles. The molecular formula is C6H7N2O3-. The molecule has 0 radical (unpaired) electrons. The number of nitrogens with one attached hydrogen (secondary N) is 1. The van der Waals surface area contributed by atoms with Crippen LogP contribution in [0.4, 0.5) is 0 Å². The van der Waals surface area contributed by atoms with Gasteiger partial charge in [0.2, 0.25) is 5.91 Å². The molecule has 1 amide bonds. The first-order valence-corrected chi connectivity index (χ1v) is 3.22. The van der Waals surface area contributed by atoms with Crippen LogP contribution in [-0.2, 0) is 9.59 Å². The number of hydrogen-bond donors (Lipinski definition) is 1. The van der Waals surface area contributed by atoms with E-state index in [-0.39, 0.29) is 18.7 Å². The summed E-state index contributed by atoms with van der Waals surface area (Å²) in [7, 11) is 0. The topological polar surface area (TPSA) is 81.6 Å². The minimum atomic E-state index is -1.15. The maximum atomic E-state index is 10.7. The Morgan fingerprint density at radius 3 is 3.00 bits per heavy atom. The van der Waals surface area contributed by atoms with Gasteiger partial charge in [0, 0.05) is 5.97 Å². The molecule has 1 atom stereocenters. The van der Waals surface area contributed by atoms with Gasteiger partial charge in [0.1, 0.15) is 6.04 Å². The zero-order chi connectivity index (χ0) is 8.27. The number of amides is 1. The van der Waals surface area contributed by atoms with E-state index in [4.69, 9.17) is 0 Å². The van der Waals surface area contributed by atoms with E-state index < -0.39 is 12.0 Å². The summed E-state index contributed by atoms with van der Waals surface area (Å²) in [5.74, 6) is -1.40. The molecule has 0 aromatic rings. The first kappa shape index (κ1) is 7.71. The number of aliphatic imine (C=N–C) groups is 1. The summed E-state index contributed by atoms with van der Waals surface area (Å²) in [6.45, 7) is 0. The molecule has 60 valence electrons. The summed E-state index contributed by atoms with van der Waals surface area (Å²) in [6.07, 6.45) is 1.36. The van der Waals surface area contributed by atoms with Crippen molar-refractivity contribution in [2.45, 2.75) is 18.9 Å². The lowest BCUT2D eigenvalue weighted by Gasteiger charge is -2.04. The van der Waals surface area contributed by atoms with Crippen molar-refractivity contribution in [3.8, 4) is 0 Å². The Balaban J connectivity index is 2.31. The van der Waals surface area contributed by atoms with E-state index in [0.717, 1.165) is 0 Å². The Kier molecular flexibility index (Phi) is 2.20. The van der Waals surface area contributed by atoms with Gasteiger partial charge in [-0.15, -0.1) is 0 Å². The fourth-order valence-corrected chi connectivity index (χ4v) is 0.815. The molecule has 0 fully saturated rings. The summed E-state index contributed by atoms with van der Waals surface area (Å²) >= 11 is 0. The number of aliphatic carboxylic acids is 1. The van der Waals surface area contributed by atoms with Gasteiger partial charge >= 0.3 is 0 Å². The second kappa shape index (κ2) is 3.14. The fraction of sp³-hybridized carbons (Fsp3) is 0.500. The van der Waals surface area contributed by atoms with E-state index in [0.29, 0.717) is 0 Å². The molecule has 1 aliphatic heterocycles. The summed E-state index contributed by atoms with van der Waals surface area (Å²) in [5.41, 5.74) is 0. The van der Waals surface area contributed by atoms with Gasteiger partial charge in [-0.1, -0.05) is 0 Å². The molecule has 1 aliphatic rings. The van der Waals surface area contributed by atoms with E-state index in [1.165, 1.54) is 6.34 Å². The average Bonchev–Trinajstić information content (AvgIpc) is 2.31. The molecule has 0 aromatic heterocycles. The van der Waals surface area contributed by atoms with E-state index in [9.17, 15) is 14.7 Å². The van der Waals surface area contributed by atoms with E-state index in [2.05, 4.69) is 10.3 Å². The molecule has 1 N–H and O–H groups in total. The lowest BCUT2D eigenvalue weighted by molar-refractivity contribution is -0.305. The van der Waals surface area contributed by atoms with Crippen LogP contribution in [0, 0.1) is 0 Å². The highest BCUT2D eigenvalue weighted by Crippen LogP contribution is 2.03. The van der Waals surface area contributed by atoms with Crippen LogP contribution in [-0.4, -0.2) is 24.3 Å². The van der Waals surface area contributed by atoms with Crippen LogP contribution >= 0.6 is 0 Å². The number of carboxylic acid groups (broad SMARTS) is 1. The largest absolute Gasteiger partial charge is 0.550 e. The molecule has 0 saturated heterocycles. The van der Waals surface area contributed by atoms with Crippen molar-refractivity contribution in [1.29, 1.82) is 0 Å². The minimum absolute atomic E-state index is 0.130. The monoisotopic (exact) mass is 155 g/mol. The predicted molar refractivity (Wildman–Crippen MR) is 34.7 cm³/mol. The molecule has 1 rings (SSSR count). The van der Waals surface area contributed by atoms with Crippen LogP contribution in [0.1, 0.15) is 12.8 Å². The smallest absolute Gasteiger partial charge is 0.249 e. The van der Waals surface area contributed by atoms with Crippen LogP contribution in [0.5, 0.6) is 0 Å². The van der Waals surface area contributed by atoms with Gasteiger partial charge in [-0.05, 0) is 12.8 Å². The highest BCUT2D eigenvalue weighted by atomic mass is 16.4. The molecular weight excluding hydrogens is 148 g/mol. The maximum Gasteiger partial charge on any atom is 0.249 e. The predicted octanol–water partition coefficient (Wildman–Crippen LogP) is -1.96. The highest BCUT2D eigenvalue weighted by Gasteiger charge is 2.19. The Morgan fingerprint density at radius 1 is 1.82 bits per heavy atom. The Bertz CT molecular complexity index is 212. The number of carbonyl (C=O) groups is 2. The standard InChI is InChI=1S/C6H8N2O3/c9-5(10)2-1-4-6(11)8-3-7-4/h3-4H,1-2H2,(H,9,10)(H,7,8,11)/p-1/t4-/m0/s1. The lowest BCUT2D eigenvalue weighted by atomic mass is 10.1. The van der Waals surface area contributed by atoms with Crippen LogP contribution in [0.25, 0.3) is 0 Å². The second-order valence-corrected chi connectivity index (χ2v) is 2.21. The normalized spacial score (nSPS) is 21.8.